The maximum atomic E-state index is 14.0. The van der Waals surface area contributed by atoms with E-state index in [1.165, 1.54) is 25.7 Å². The fraction of sp³-hybridized carbons (Fsp3) is 0.914. The highest BCUT2D eigenvalue weighted by atomic mass is 16.6. The standard InChI is InChI=1S/C35H60B2O5/c1-13-27(37-39-15-14-16-40-37)30(35(11,12)31(38)41-32(4,5)6)42-36(28-19-23-17-25(21(28)2)33(23,7)8)29-20-24-18-26(22(29)3)34(24,9)10/h13,21-30H,1,14-20H2,2-12H3/t21-,22-,23-,24-,25+,26+,27+,28-,29-,30+/m0/s1. The Kier molecular flexibility index (Phi) is 8.72. The first kappa shape index (κ1) is 32.6. The lowest BCUT2D eigenvalue weighted by Gasteiger charge is -2.66. The first-order chi connectivity index (χ1) is 19.4. The van der Waals surface area contributed by atoms with Gasteiger partial charge in [0.15, 0.2) is 0 Å². The number of carbonyl (C=O) groups excluding carboxylic acids is 1. The average molecular weight is 582 g/mol. The summed E-state index contributed by atoms with van der Waals surface area (Å²) in [7, 11) is -0.476. The molecule has 1 aliphatic heterocycles. The quantitative estimate of drug-likeness (QED) is 0.155. The second-order valence-electron chi connectivity index (χ2n) is 17.8. The Labute approximate surface area is 258 Å². The largest absolute Gasteiger partial charge is 0.466 e. The van der Waals surface area contributed by atoms with Crippen molar-refractivity contribution in [2.45, 2.75) is 137 Å². The molecule has 42 heavy (non-hydrogen) atoms. The van der Waals surface area contributed by atoms with Crippen LogP contribution in [-0.4, -0.2) is 44.9 Å². The Morgan fingerprint density at radius 1 is 0.905 bits per heavy atom. The number of fused-ring (bicyclic) bond motifs is 4. The molecule has 1 heterocycles. The zero-order valence-electron chi connectivity index (χ0n) is 28.7. The number of esters is 1. The van der Waals surface area contributed by atoms with Crippen LogP contribution < -0.4 is 0 Å². The first-order valence-corrected chi connectivity index (χ1v) is 17.2. The molecule has 0 spiro atoms. The van der Waals surface area contributed by atoms with Crippen molar-refractivity contribution in [1.29, 1.82) is 0 Å². The van der Waals surface area contributed by atoms with Gasteiger partial charge in [0.2, 0.25) is 0 Å². The van der Waals surface area contributed by atoms with Crippen LogP contribution in [0.3, 0.4) is 0 Å². The summed E-state index contributed by atoms with van der Waals surface area (Å²) in [6, 6.07) is 0. The number of ether oxygens (including phenoxy) is 1. The summed E-state index contributed by atoms with van der Waals surface area (Å²) in [6.07, 6.45) is 7.44. The summed E-state index contributed by atoms with van der Waals surface area (Å²) in [6.45, 7) is 30.3. The Balaban J connectivity index is 1.53. The van der Waals surface area contributed by atoms with Crippen LogP contribution in [-0.2, 0) is 23.5 Å². The predicted octanol–water partition coefficient (Wildman–Crippen LogP) is 8.36. The molecule has 0 aromatic heterocycles. The van der Waals surface area contributed by atoms with E-state index < -0.39 is 24.2 Å². The molecule has 5 nitrogen and oxygen atoms in total. The lowest BCUT2D eigenvalue weighted by Crippen LogP contribution is -2.61. The van der Waals surface area contributed by atoms with Crippen LogP contribution in [0.25, 0.3) is 0 Å². The van der Waals surface area contributed by atoms with Crippen molar-refractivity contribution < 1.29 is 23.5 Å². The number of rotatable bonds is 9. The topological polar surface area (TPSA) is 54.0 Å². The van der Waals surface area contributed by atoms with E-state index in [1.54, 1.807) is 0 Å². The Morgan fingerprint density at radius 3 is 1.76 bits per heavy atom. The maximum absolute atomic E-state index is 14.0. The molecule has 4 bridgehead atoms. The predicted molar refractivity (Wildman–Crippen MR) is 172 cm³/mol. The molecular weight excluding hydrogens is 522 g/mol. The van der Waals surface area contributed by atoms with Crippen LogP contribution in [0.5, 0.6) is 0 Å². The third-order valence-electron chi connectivity index (χ3n) is 13.4. The molecule has 1 saturated heterocycles. The van der Waals surface area contributed by atoms with Crippen molar-refractivity contribution in [3.63, 3.8) is 0 Å². The highest BCUT2D eigenvalue weighted by Crippen LogP contribution is 2.70. The van der Waals surface area contributed by atoms with E-state index in [9.17, 15) is 4.79 Å². The normalized spacial score (nSPS) is 38.4. The van der Waals surface area contributed by atoms with Crippen LogP contribution in [0.4, 0.5) is 0 Å². The molecule has 7 fully saturated rings. The molecular formula is C35H60B2O5. The van der Waals surface area contributed by atoms with Gasteiger partial charge < -0.3 is 18.7 Å². The number of hydrogen-bond donors (Lipinski definition) is 0. The van der Waals surface area contributed by atoms with E-state index in [0.717, 1.165) is 30.1 Å². The molecule has 7 rings (SSSR count). The van der Waals surface area contributed by atoms with Crippen LogP contribution in [0.2, 0.25) is 17.5 Å². The van der Waals surface area contributed by atoms with Crippen molar-refractivity contribution in [3.8, 4) is 0 Å². The van der Waals surface area contributed by atoms with Crippen LogP contribution in [0.1, 0.15) is 108 Å². The van der Waals surface area contributed by atoms with Crippen molar-refractivity contribution in [1.82, 2.24) is 0 Å². The minimum absolute atomic E-state index is 0.0792. The maximum Gasteiger partial charge on any atom is 0.466 e. The Morgan fingerprint density at radius 2 is 1.38 bits per heavy atom. The van der Waals surface area contributed by atoms with E-state index in [-0.39, 0.29) is 18.7 Å². The van der Waals surface area contributed by atoms with Gasteiger partial charge in [0.25, 0.3) is 6.92 Å². The summed E-state index contributed by atoms with van der Waals surface area (Å²) in [5.41, 5.74) is -0.694. The van der Waals surface area contributed by atoms with Gasteiger partial charge in [-0.2, -0.15) is 0 Å². The molecule has 0 N–H and O–H groups in total. The minimum Gasteiger partial charge on any atom is -0.459 e. The van der Waals surface area contributed by atoms with Crippen molar-refractivity contribution in [3.05, 3.63) is 12.7 Å². The summed E-state index contributed by atoms with van der Waals surface area (Å²) in [4.78, 5) is 14.0. The number of hydrogen-bond acceptors (Lipinski definition) is 5. The zero-order valence-corrected chi connectivity index (χ0v) is 28.7. The number of carbonyl (C=O) groups is 1. The van der Waals surface area contributed by atoms with E-state index in [1.807, 2.05) is 40.7 Å². The Bertz CT molecular complexity index is 969. The van der Waals surface area contributed by atoms with Crippen LogP contribution >= 0.6 is 0 Å². The monoisotopic (exact) mass is 582 g/mol. The Hall–Kier alpha value is -0.780. The van der Waals surface area contributed by atoms with Gasteiger partial charge in [-0.05, 0) is 112 Å². The van der Waals surface area contributed by atoms with E-state index in [4.69, 9.17) is 18.7 Å². The SMILES string of the molecule is C=C[C@@H](B1OCCCO1)[C@@H](OB([C@H]1C[C@@H]2C[C@H]([C@@H]1C)C2(C)C)[C@H]1C[C@@H]2C[C@H]([C@@H]1C)C2(C)C)C(C)(C)C(=O)OC(C)(C)C. The van der Waals surface area contributed by atoms with E-state index >= 15 is 0 Å². The van der Waals surface area contributed by atoms with Gasteiger partial charge in [-0.1, -0.05) is 60.5 Å². The molecule has 0 amide bonds. The highest BCUT2D eigenvalue weighted by molar-refractivity contribution is 6.56. The molecule has 10 atom stereocenters. The van der Waals surface area contributed by atoms with Gasteiger partial charge >= 0.3 is 13.1 Å². The molecule has 0 unspecified atom stereocenters. The van der Waals surface area contributed by atoms with Crippen molar-refractivity contribution >= 4 is 20.0 Å². The molecule has 6 saturated carbocycles. The van der Waals surface area contributed by atoms with Gasteiger partial charge in [0.05, 0.1) is 11.5 Å². The highest BCUT2D eigenvalue weighted by Gasteiger charge is 2.64. The van der Waals surface area contributed by atoms with Crippen molar-refractivity contribution in [2.75, 3.05) is 13.2 Å². The molecule has 7 aliphatic rings. The molecule has 0 aromatic carbocycles. The molecule has 6 aliphatic carbocycles. The van der Waals surface area contributed by atoms with Crippen molar-refractivity contribution in [2.24, 2.45) is 51.8 Å². The molecule has 0 radical (unpaired) electrons. The smallest absolute Gasteiger partial charge is 0.459 e. The second kappa shape index (κ2) is 11.2. The van der Waals surface area contributed by atoms with Gasteiger partial charge in [-0.15, -0.1) is 6.58 Å². The summed E-state index contributed by atoms with van der Waals surface area (Å²) >= 11 is 0. The average Bonchev–Trinajstić information content (AvgIpc) is 2.90. The molecule has 236 valence electrons. The van der Waals surface area contributed by atoms with Gasteiger partial charge in [0, 0.05) is 19.0 Å². The fourth-order valence-electron chi connectivity index (χ4n) is 10.3. The summed E-state index contributed by atoms with van der Waals surface area (Å²) < 4.78 is 26.0. The summed E-state index contributed by atoms with van der Waals surface area (Å²) in [5, 5.41) is 0. The third kappa shape index (κ3) is 5.48. The molecule has 0 aromatic rings. The van der Waals surface area contributed by atoms with Gasteiger partial charge in [-0.25, -0.2) is 0 Å². The first-order valence-electron chi connectivity index (χ1n) is 17.2. The minimum atomic E-state index is -0.922. The lowest BCUT2D eigenvalue weighted by molar-refractivity contribution is -0.171. The molecule has 7 heteroatoms. The van der Waals surface area contributed by atoms with Gasteiger partial charge in [-0.3, -0.25) is 4.79 Å². The van der Waals surface area contributed by atoms with Crippen LogP contribution in [0.15, 0.2) is 12.7 Å². The third-order valence-corrected chi connectivity index (χ3v) is 13.4. The van der Waals surface area contributed by atoms with Crippen LogP contribution in [0, 0.1) is 51.8 Å². The van der Waals surface area contributed by atoms with E-state index in [2.05, 4.69) is 48.1 Å². The fourth-order valence-corrected chi connectivity index (χ4v) is 10.3. The van der Waals surface area contributed by atoms with E-state index in [0.29, 0.717) is 47.5 Å². The second-order valence-corrected chi connectivity index (χ2v) is 17.8. The lowest BCUT2D eigenvalue weighted by atomic mass is 9.27. The van der Waals surface area contributed by atoms with Gasteiger partial charge in [0.1, 0.15) is 5.60 Å². The summed E-state index contributed by atoms with van der Waals surface area (Å²) in [5.74, 6) is 4.56. The zero-order chi connectivity index (χ0) is 31.0.